The van der Waals surface area contributed by atoms with Crippen LogP contribution in [-0.4, -0.2) is 0 Å². The Hall–Kier alpha value is 0. The van der Waals surface area contributed by atoms with Crippen molar-refractivity contribution in [3.05, 3.63) is 0 Å². The maximum absolute atomic E-state index is 2.45. The monoisotopic (exact) mass is 152 g/mol. The summed E-state index contributed by atoms with van der Waals surface area (Å²) < 4.78 is 0. The Morgan fingerprint density at radius 3 is 2.55 bits per heavy atom. The van der Waals surface area contributed by atoms with E-state index in [-0.39, 0.29) is 0 Å². The minimum absolute atomic E-state index is 1.00. The van der Waals surface area contributed by atoms with Gasteiger partial charge in [-0.25, -0.2) is 0 Å². The highest BCUT2D eigenvalue weighted by atomic mass is 14.5. The van der Waals surface area contributed by atoms with Crippen molar-refractivity contribution in [3.8, 4) is 0 Å². The molecule has 0 radical (unpaired) electrons. The predicted molar refractivity (Wildman–Crippen MR) is 48.4 cm³/mol. The molecule has 0 aromatic carbocycles. The summed E-state index contributed by atoms with van der Waals surface area (Å²) in [4.78, 5) is 0. The van der Waals surface area contributed by atoms with Gasteiger partial charge in [-0.3, -0.25) is 0 Å². The Bertz CT molecular complexity index is 139. The van der Waals surface area contributed by atoms with Crippen molar-refractivity contribution in [2.75, 3.05) is 0 Å². The summed E-state index contributed by atoms with van der Waals surface area (Å²) in [5.41, 5.74) is 0. The van der Waals surface area contributed by atoms with E-state index in [9.17, 15) is 0 Å². The standard InChI is InChI=1S/C11H20/c1-3-8(2)11-7-9-4-5-10(11)6-9/h8-11H,3-7H2,1-2H3/t8?,9-,10?,11?/m0/s1. The molecule has 0 nitrogen and oxygen atoms in total. The minimum atomic E-state index is 1.00. The second-order valence-electron chi connectivity index (χ2n) is 4.72. The maximum Gasteiger partial charge on any atom is -0.0357 e. The van der Waals surface area contributed by atoms with E-state index in [4.69, 9.17) is 0 Å². The summed E-state index contributed by atoms with van der Waals surface area (Å²) >= 11 is 0. The maximum atomic E-state index is 2.45. The van der Waals surface area contributed by atoms with Gasteiger partial charge in [0.25, 0.3) is 0 Å². The van der Waals surface area contributed by atoms with E-state index >= 15 is 0 Å². The number of hydrogen-bond donors (Lipinski definition) is 0. The summed E-state index contributed by atoms with van der Waals surface area (Å²) in [6.07, 6.45) is 7.65. The third-order valence-electron chi connectivity index (χ3n) is 4.17. The van der Waals surface area contributed by atoms with Crippen molar-refractivity contribution in [1.29, 1.82) is 0 Å². The lowest BCUT2D eigenvalue weighted by Gasteiger charge is -2.26. The van der Waals surface area contributed by atoms with Gasteiger partial charge in [-0.1, -0.05) is 26.7 Å². The number of fused-ring (bicyclic) bond motifs is 2. The average molecular weight is 152 g/mol. The summed E-state index contributed by atoms with van der Waals surface area (Å²) in [5.74, 6) is 4.39. The zero-order valence-corrected chi connectivity index (χ0v) is 7.84. The largest absolute Gasteiger partial charge is 0.0651 e. The van der Waals surface area contributed by atoms with Gasteiger partial charge in [0.1, 0.15) is 0 Å². The van der Waals surface area contributed by atoms with Crippen LogP contribution in [-0.2, 0) is 0 Å². The van der Waals surface area contributed by atoms with E-state index < -0.39 is 0 Å². The van der Waals surface area contributed by atoms with E-state index in [1.807, 2.05) is 0 Å². The van der Waals surface area contributed by atoms with Crippen LogP contribution in [0.15, 0.2) is 0 Å². The summed E-state index contributed by atoms with van der Waals surface area (Å²) in [6.45, 7) is 4.79. The molecule has 0 aliphatic heterocycles. The van der Waals surface area contributed by atoms with Crippen molar-refractivity contribution in [2.24, 2.45) is 23.7 Å². The normalized spacial score (nSPS) is 44.7. The highest BCUT2D eigenvalue weighted by Crippen LogP contribution is 2.51. The van der Waals surface area contributed by atoms with Crippen molar-refractivity contribution in [3.63, 3.8) is 0 Å². The van der Waals surface area contributed by atoms with Crippen LogP contribution >= 0.6 is 0 Å². The molecular formula is C11H20. The van der Waals surface area contributed by atoms with E-state index in [0.717, 1.165) is 23.7 Å². The van der Waals surface area contributed by atoms with Gasteiger partial charge in [0.15, 0.2) is 0 Å². The fraction of sp³-hybridized carbons (Fsp3) is 1.00. The Morgan fingerprint density at radius 2 is 2.09 bits per heavy atom. The van der Waals surface area contributed by atoms with Crippen LogP contribution in [0.25, 0.3) is 0 Å². The first-order chi connectivity index (χ1) is 5.31. The fourth-order valence-electron chi connectivity index (χ4n) is 3.29. The molecule has 0 aromatic rings. The summed E-state index contributed by atoms with van der Waals surface area (Å²) in [5, 5.41) is 0. The molecule has 0 saturated heterocycles. The summed E-state index contributed by atoms with van der Waals surface area (Å²) in [7, 11) is 0. The first kappa shape index (κ1) is 7.64. The molecule has 2 bridgehead atoms. The lowest BCUT2D eigenvalue weighted by Crippen LogP contribution is -2.17. The van der Waals surface area contributed by atoms with Crippen LogP contribution < -0.4 is 0 Å². The molecule has 2 saturated carbocycles. The van der Waals surface area contributed by atoms with Gasteiger partial charge in [-0.05, 0) is 42.9 Å². The minimum Gasteiger partial charge on any atom is -0.0651 e. The summed E-state index contributed by atoms with van der Waals surface area (Å²) in [6, 6.07) is 0. The molecule has 2 rings (SSSR count). The van der Waals surface area contributed by atoms with Gasteiger partial charge in [0.05, 0.1) is 0 Å². The molecule has 0 aromatic heterocycles. The van der Waals surface area contributed by atoms with E-state index in [0.29, 0.717) is 0 Å². The Morgan fingerprint density at radius 1 is 1.27 bits per heavy atom. The SMILES string of the molecule is CCC(C)C1C[C@H]2CCC1C2. The molecule has 0 amide bonds. The third kappa shape index (κ3) is 1.21. The third-order valence-corrected chi connectivity index (χ3v) is 4.17. The molecule has 0 heterocycles. The molecule has 3 unspecified atom stereocenters. The molecule has 2 aliphatic carbocycles. The van der Waals surface area contributed by atoms with Gasteiger partial charge in [0.2, 0.25) is 0 Å². The van der Waals surface area contributed by atoms with Crippen molar-refractivity contribution in [1.82, 2.24) is 0 Å². The Kier molecular flexibility index (Phi) is 1.95. The highest BCUT2D eigenvalue weighted by molar-refractivity contribution is 4.91. The lowest BCUT2D eigenvalue weighted by atomic mass is 9.79. The molecule has 11 heavy (non-hydrogen) atoms. The van der Waals surface area contributed by atoms with Crippen LogP contribution in [0.3, 0.4) is 0 Å². The van der Waals surface area contributed by atoms with Gasteiger partial charge < -0.3 is 0 Å². The van der Waals surface area contributed by atoms with Crippen LogP contribution in [0.4, 0.5) is 0 Å². The molecule has 0 heteroatoms. The van der Waals surface area contributed by atoms with Gasteiger partial charge >= 0.3 is 0 Å². The van der Waals surface area contributed by atoms with Crippen molar-refractivity contribution < 1.29 is 0 Å². The highest BCUT2D eigenvalue weighted by Gasteiger charge is 2.40. The number of rotatable bonds is 2. The smallest absolute Gasteiger partial charge is 0.0357 e. The zero-order valence-electron chi connectivity index (χ0n) is 7.84. The van der Waals surface area contributed by atoms with Crippen LogP contribution in [0.5, 0.6) is 0 Å². The van der Waals surface area contributed by atoms with Crippen molar-refractivity contribution >= 4 is 0 Å². The predicted octanol–water partition coefficient (Wildman–Crippen LogP) is 3.47. The van der Waals surface area contributed by atoms with Crippen molar-refractivity contribution in [2.45, 2.75) is 46.0 Å². The molecule has 4 atom stereocenters. The molecule has 0 N–H and O–H groups in total. The molecule has 2 fully saturated rings. The molecule has 64 valence electrons. The van der Waals surface area contributed by atoms with Gasteiger partial charge in [-0.2, -0.15) is 0 Å². The van der Waals surface area contributed by atoms with Crippen LogP contribution in [0.2, 0.25) is 0 Å². The van der Waals surface area contributed by atoms with Crippen LogP contribution in [0, 0.1) is 23.7 Å². The number of hydrogen-bond acceptors (Lipinski definition) is 0. The first-order valence-electron chi connectivity index (χ1n) is 5.31. The quantitative estimate of drug-likeness (QED) is 0.568. The average Bonchev–Trinajstić information content (AvgIpc) is 2.62. The second kappa shape index (κ2) is 2.80. The molecular weight excluding hydrogens is 132 g/mol. The molecule has 2 aliphatic rings. The Balaban J connectivity index is 1.96. The van der Waals surface area contributed by atoms with E-state index in [2.05, 4.69) is 13.8 Å². The first-order valence-corrected chi connectivity index (χ1v) is 5.31. The van der Waals surface area contributed by atoms with Gasteiger partial charge in [0, 0.05) is 0 Å². The van der Waals surface area contributed by atoms with Crippen LogP contribution in [0.1, 0.15) is 46.0 Å². The second-order valence-corrected chi connectivity index (χ2v) is 4.72. The van der Waals surface area contributed by atoms with Gasteiger partial charge in [-0.15, -0.1) is 0 Å². The van der Waals surface area contributed by atoms with E-state index in [1.54, 1.807) is 25.7 Å². The lowest BCUT2D eigenvalue weighted by molar-refractivity contribution is 0.236. The zero-order chi connectivity index (χ0) is 7.84. The fourth-order valence-corrected chi connectivity index (χ4v) is 3.29. The topological polar surface area (TPSA) is 0 Å². The van der Waals surface area contributed by atoms with E-state index in [1.165, 1.54) is 6.42 Å². The molecule has 0 spiro atoms. The Labute approximate surface area is 70.4 Å².